The Bertz CT molecular complexity index is 346. The number of halogens is 4. The minimum atomic E-state index is -4.17. The first kappa shape index (κ1) is 12.5. The van der Waals surface area contributed by atoms with Crippen LogP contribution in [0.2, 0.25) is 0 Å². The van der Waals surface area contributed by atoms with Gasteiger partial charge in [-0.3, -0.25) is 0 Å². The predicted octanol–water partition coefficient (Wildman–Crippen LogP) is 2.40. The second kappa shape index (κ2) is 5.00. The molecule has 1 aromatic rings. The topological polar surface area (TPSA) is 34.1 Å². The standard InChI is InChI=1S/C9H10F4N2O/c1-14-6-3-2-4-7(15-6)16-5-9(12,13)8(10)11/h2-4,8H,5H2,1H3,(H,14,15). The van der Waals surface area contributed by atoms with Crippen molar-refractivity contribution in [2.45, 2.75) is 12.3 Å². The number of pyridine rings is 1. The highest BCUT2D eigenvalue weighted by Gasteiger charge is 2.41. The molecule has 0 aliphatic rings. The highest BCUT2D eigenvalue weighted by molar-refractivity contribution is 5.35. The molecule has 1 rings (SSSR count). The zero-order valence-electron chi connectivity index (χ0n) is 8.38. The number of alkyl halides is 4. The Hall–Kier alpha value is -1.53. The first-order chi connectivity index (χ1) is 7.45. The van der Waals surface area contributed by atoms with E-state index in [0.717, 1.165) is 0 Å². The summed E-state index contributed by atoms with van der Waals surface area (Å²) in [6.07, 6.45) is -3.75. The first-order valence-electron chi connectivity index (χ1n) is 4.39. The summed E-state index contributed by atoms with van der Waals surface area (Å²) in [5.41, 5.74) is 0. The SMILES string of the molecule is CNc1cccc(OCC(F)(F)C(F)F)n1. The Balaban J connectivity index is 2.60. The minimum Gasteiger partial charge on any atom is -0.471 e. The van der Waals surface area contributed by atoms with Crippen molar-refractivity contribution in [1.29, 1.82) is 0 Å². The van der Waals surface area contributed by atoms with E-state index >= 15 is 0 Å². The number of nitrogens with zero attached hydrogens (tertiary/aromatic N) is 1. The Morgan fingerprint density at radius 2 is 2.12 bits per heavy atom. The summed E-state index contributed by atoms with van der Waals surface area (Å²) >= 11 is 0. The van der Waals surface area contributed by atoms with Crippen molar-refractivity contribution in [3.63, 3.8) is 0 Å². The van der Waals surface area contributed by atoms with E-state index in [-0.39, 0.29) is 5.88 Å². The number of hydrogen-bond donors (Lipinski definition) is 1. The van der Waals surface area contributed by atoms with Crippen molar-refractivity contribution in [3.8, 4) is 5.88 Å². The fourth-order valence-electron chi connectivity index (χ4n) is 0.868. The maximum absolute atomic E-state index is 12.5. The zero-order chi connectivity index (χ0) is 12.2. The van der Waals surface area contributed by atoms with Crippen LogP contribution in [0, 0.1) is 0 Å². The minimum absolute atomic E-state index is 0.132. The Kier molecular flexibility index (Phi) is 3.92. The van der Waals surface area contributed by atoms with E-state index in [1.165, 1.54) is 12.1 Å². The van der Waals surface area contributed by atoms with Crippen molar-refractivity contribution in [2.24, 2.45) is 0 Å². The molecule has 0 spiro atoms. The molecule has 0 aliphatic heterocycles. The summed E-state index contributed by atoms with van der Waals surface area (Å²) in [6.45, 7) is -1.40. The van der Waals surface area contributed by atoms with Crippen molar-refractivity contribution in [3.05, 3.63) is 18.2 Å². The number of rotatable bonds is 5. The van der Waals surface area contributed by atoms with Crippen LogP contribution in [0.5, 0.6) is 5.88 Å². The van der Waals surface area contributed by atoms with Gasteiger partial charge in [0.15, 0.2) is 6.61 Å². The molecule has 1 heterocycles. The second-order valence-corrected chi connectivity index (χ2v) is 2.96. The lowest BCUT2D eigenvalue weighted by molar-refractivity contribution is -0.148. The summed E-state index contributed by atoms with van der Waals surface area (Å²) in [7, 11) is 1.58. The van der Waals surface area contributed by atoms with Crippen LogP contribution >= 0.6 is 0 Å². The molecule has 0 amide bonds. The van der Waals surface area contributed by atoms with Crippen molar-refractivity contribution >= 4 is 5.82 Å². The van der Waals surface area contributed by atoms with Gasteiger partial charge >= 0.3 is 12.3 Å². The highest BCUT2D eigenvalue weighted by Crippen LogP contribution is 2.23. The van der Waals surface area contributed by atoms with Crippen LogP contribution in [0.1, 0.15) is 0 Å². The largest absolute Gasteiger partial charge is 0.471 e. The average molecular weight is 238 g/mol. The van der Waals surface area contributed by atoms with Gasteiger partial charge in [0.05, 0.1) is 0 Å². The summed E-state index contributed by atoms with van der Waals surface area (Å²) in [4.78, 5) is 3.74. The smallest absolute Gasteiger partial charge is 0.340 e. The summed E-state index contributed by atoms with van der Waals surface area (Å²) < 4.78 is 53.1. The molecule has 0 radical (unpaired) electrons. The van der Waals surface area contributed by atoms with Gasteiger partial charge in [-0.15, -0.1) is 0 Å². The molecule has 7 heteroatoms. The fourth-order valence-corrected chi connectivity index (χ4v) is 0.868. The van der Waals surface area contributed by atoms with Crippen LogP contribution in [0.4, 0.5) is 23.4 Å². The van der Waals surface area contributed by atoms with E-state index < -0.39 is 19.0 Å². The molecular weight excluding hydrogens is 228 g/mol. The summed E-state index contributed by atoms with van der Waals surface area (Å²) in [6, 6.07) is 4.40. The molecule has 0 aliphatic carbocycles. The third-order valence-corrected chi connectivity index (χ3v) is 1.71. The van der Waals surface area contributed by atoms with E-state index in [0.29, 0.717) is 5.82 Å². The lowest BCUT2D eigenvalue weighted by Crippen LogP contribution is -2.33. The number of aromatic nitrogens is 1. The summed E-state index contributed by atoms with van der Waals surface area (Å²) in [5, 5.41) is 2.66. The molecule has 0 unspecified atom stereocenters. The van der Waals surface area contributed by atoms with Gasteiger partial charge in [-0.05, 0) is 6.07 Å². The zero-order valence-corrected chi connectivity index (χ0v) is 8.38. The molecule has 90 valence electrons. The number of anilines is 1. The number of hydrogen-bond acceptors (Lipinski definition) is 3. The normalized spacial score (nSPS) is 11.6. The summed E-state index contributed by atoms with van der Waals surface area (Å²) in [5.74, 6) is -3.90. The van der Waals surface area contributed by atoms with Crippen LogP contribution in [0.3, 0.4) is 0 Å². The monoisotopic (exact) mass is 238 g/mol. The predicted molar refractivity (Wildman–Crippen MR) is 50.2 cm³/mol. The Labute approximate surface area is 89.4 Å². The van der Waals surface area contributed by atoms with E-state index in [1.54, 1.807) is 13.1 Å². The van der Waals surface area contributed by atoms with Gasteiger partial charge in [0, 0.05) is 13.1 Å². The molecule has 0 saturated carbocycles. The molecule has 0 fully saturated rings. The fraction of sp³-hybridized carbons (Fsp3) is 0.444. The van der Waals surface area contributed by atoms with Gasteiger partial charge < -0.3 is 10.1 Å². The molecule has 1 aromatic heterocycles. The van der Waals surface area contributed by atoms with Gasteiger partial charge in [-0.2, -0.15) is 13.8 Å². The third kappa shape index (κ3) is 3.25. The van der Waals surface area contributed by atoms with E-state index in [2.05, 4.69) is 15.0 Å². The van der Waals surface area contributed by atoms with Gasteiger partial charge in [0.1, 0.15) is 5.82 Å². The molecule has 16 heavy (non-hydrogen) atoms. The van der Waals surface area contributed by atoms with Gasteiger partial charge in [0.2, 0.25) is 5.88 Å². The van der Waals surface area contributed by atoms with E-state index in [1.807, 2.05) is 0 Å². The van der Waals surface area contributed by atoms with Crippen molar-refractivity contribution in [1.82, 2.24) is 4.98 Å². The molecular formula is C9H10F4N2O. The van der Waals surface area contributed by atoms with E-state index in [9.17, 15) is 17.6 Å². The Morgan fingerprint density at radius 3 is 2.69 bits per heavy atom. The molecule has 0 bridgehead atoms. The van der Waals surface area contributed by atoms with Crippen LogP contribution < -0.4 is 10.1 Å². The van der Waals surface area contributed by atoms with Crippen molar-refractivity contribution < 1.29 is 22.3 Å². The second-order valence-electron chi connectivity index (χ2n) is 2.96. The third-order valence-electron chi connectivity index (χ3n) is 1.71. The van der Waals surface area contributed by atoms with Crippen LogP contribution in [0.15, 0.2) is 18.2 Å². The first-order valence-corrected chi connectivity index (χ1v) is 4.39. The molecule has 0 atom stereocenters. The lowest BCUT2D eigenvalue weighted by atomic mass is 10.4. The van der Waals surface area contributed by atoms with E-state index in [4.69, 9.17) is 0 Å². The van der Waals surface area contributed by atoms with Gasteiger partial charge in [0.25, 0.3) is 0 Å². The number of nitrogens with one attached hydrogen (secondary N) is 1. The lowest BCUT2D eigenvalue weighted by Gasteiger charge is -2.15. The molecule has 0 aromatic carbocycles. The van der Waals surface area contributed by atoms with Crippen molar-refractivity contribution in [2.75, 3.05) is 19.0 Å². The van der Waals surface area contributed by atoms with Gasteiger partial charge in [-0.25, -0.2) is 8.78 Å². The van der Waals surface area contributed by atoms with Crippen LogP contribution in [0.25, 0.3) is 0 Å². The van der Waals surface area contributed by atoms with Crippen LogP contribution in [-0.2, 0) is 0 Å². The maximum Gasteiger partial charge on any atom is 0.340 e. The highest BCUT2D eigenvalue weighted by atomic mass is 19.3. The molecule has 3 nitrogen and oxygen atoms in total. The number of ether oxygens (including phenoxy) is 1. The molecule has 1 N–H and O–H groups in total. The quantitative estimate of drug-likeness (QED) is 0.800. The van der Waals surface area contributed by atoms with Gasteiger partial charge in [-0.1, -0.05) is 6.07 Å². The van der Waals surface area contributed by atoms with Crippen LogP contribution in [-0.4, -0.2) is 31.0 Å². The maximum atomic E-state index is 12.5. The average Bonchev–Trinajstić information content (AvgIpc) is 2.26. The Morgan fingerprint density at radius 1 is 1.44 bits per heavy atom. The molecule has 0 saturated heterocycles.